The molecule has 1 N–H and O–H groups in total. The van der Waals surface area contributed by atoms with E-state index in [1.807, 2.05) is 13.8 Å². The Kier molecular flexibility index (Phi) is 5.34. The second kappa shape index (κ2) is 7.51. The van der Waals surface area contributed by atoms with Gasteiger partial charge in [-0.05, 0) is 44.2 Å². The Hall–Kier alpha value is -2.31. The largest absolute Gasteiger partial charge is 0.491 e. The zero-order valence-electron chi connectivity index (χ0n) is 14.0. The lowest BCUT2D eigenvalue weighted by Gasteiger charge is -2.12. The average molecular weight is 437 g/mol. The Morgan fingerprint density at radius 3 is 2.65 bits per heavy atom. The van der Waals surface area contributed by atoms with Crippen molar-refractivity contribution in [1.29, 1.82) is 0 Å². The van der Waals surface area contributed by atoms with Crippen molar-refractivity contribution in [1.82, 2.24) is 0 Å². The van der Waals surface area contributed by atoms with Crippen LogP contribution in [0, 0.1) is 0 Å². The van der Waals surface area contributed by atoms with E-state index in [4.69, 9.17) is 20.8 Å². The summed E-state index contributed by atoms with van der Waals surface area (Å²) in [5.41, 5.74) is 0.307. The molecule has 0 saturated carbocycles. The van der Waals surface area contributed by atoms with Crippen molar-refractivity contribution in [3.05, 3.63) is 67.9 Å². The number of hydrogen-bond donors (Lipinski definition) is 1. The summed E-state index contributed by atoms with van der Waals surface area (Å²) in [6, 6.07) is 11.3. The van der Waals surface area contributed by atoms with Gasteiger partial charge < -0.3 is 14.5 Å². The summed E-state index contributed by atoms with van der Waals surface area (Å²) in [5, 5.41) is 3.60. The number of nitrogens with one attached hydrogen (secondary N) is 1. The predicted molar refractivity (Wildman–Crippen MR) is 105 cm³/mol. The lowest BCUT2D eigenvalue weighted by atomic mass is 10.1. The van der Waals surface area contributed by atoms with Gasteiger partial charge in [-0.1, -0.05) is 27.5 Å². The number of rotatable bonds is 4. The van der Waals surface area contributed by atoms with E-state index in [1.54, 1.807) is 36.4 Å². The van der Waals surface area contributed by atoms with Crippen molar-refractivity contribution in [2.45, 2.75) is 20.0 Å². The maximum absolute atomic E-state index is 12.7. The van der Waals surface area contributed by atoms with Crippen LogP contribution in [0.3, 0.4) is 0 Å². The molecular weight excluding hydrogens is 422 g/mol. The van der Waals surface area contributed by atoms with Gasteiger partial charge in [0.05, 0.1) is 22.4 Å². The molecule has 0 spiro atoms. The van der Waals surface area contributed by atoms with Gasteiger partial charge in [-0.15, -0.1) is 0 Å². The van der Waals surface area contributed by atoms with E-state index in [-0.39, 0.29) is 17.3 Å². The number of carbonyl (C=O) groups excluding carboxylic acids is 1. The van der Waals surface area contributed by atoms with E-state index in [2.05, 4.69) is 21.2 Å². The lowest BCUT2D eigenvalue weighted by molar-refractivity contribution is 0.102. The molecule has 5 nitrogen and oxygen atoms in total. The van der Waals surface area contributed by atoms with Crippen molar-refractivity contribution in [3.63, 3.8) is 0 Å². The number of anilines is 1. The first kappa shape index (κ1) is 18.5. The number of benzene rings is 2. The van der Waals surface area contributed by atoms with Gasteiger partial charge in [0.15, 0.2) is 0 Å². The summed E-state index contributed by atoms with van der Waals surface area (Å²) in [4.78, 5) is 24.6. The highest BCUT2D eigenvalue weighted by Crippen LogP contribution is 2.28. The van der Waals surface area contributed by atoms with Gasteiger partial charge in [0.1, 0.15) is 11.3 Å². The Morgan fingerprint density at radius 1 is 1.19 bits per heavy atom. The zero-order valence-corrected chi connectivity index (χ0v) is 16.3. The molecule has 0 atom stereocenters. The van der Waals surface area contributed by atoms with Crippen molar-refractivity contribution in [2.75, 3.05) is 5.32 Å². The van der Waals surface area contributed by atoms with Crippen molar-refractivity contribution < 1.29 is 13.9 Å². The first-order chi connectivity index (χ1) is 12.3. The fraction of sp³-hybridized carbons (Fsp3) is 0.158. The smallest absolute Gasteiger partial charge is 0.337 e. The van der Waals surface area contributed by atoms with E-state index in [0.717, 1.165) is 10.5 Å². The highest BCUT2D eigenvalue weighted by atomic mass is 79.9. The summed E-state index contributed by atoms with van der Waals surface area (Å²) in [7, 11) is 0. The molecule has 3 rings (SSSR count). The number of halogens is 2. The highest BCUT2D eigenvalue weighted by molar-refractivity contribution is 9.10. The molecule has 1 amide bonds. The number of carbonyl (C=O) groups is 1. The van der Waals surface area contributed by atoms with E-state index in [9.17, 15) is 9.59 Å². The van der Waals surface area contributed by atoms with E-state index in [0.29, 0.717) is 21.8 Å². The Labute approximate surface area is 163 Å². The van der Waals surface area contributed by atoms with Crippen LogP contribution in [-0.2, 0) is 0 Å². The summed E-state index contributed by atoms with van der Waals surface area (Å²) in [6.45, 7) is 3.79. The summed E-state index contributed by atoms with van der Waals surface area (Å²) in [6.07, 6.45) is -0.0230. The maximum Gasteiger partial charge on any atom is 0.337 e. The molecule has 2 aromatic carbocycles. The Morgan fingerprint density at radius 2 is 1.96 bits per heavy atom. The first-order valence-corrected chi connectivity index (χ1v) is 9.01. The fourth-order valence-electron chi connectivity index (χ4n) is 2.46. The molecule has 0 unspecified atom stereocenters. The molecule has 0 aliphatic carbocycles. The number of ether oxygens (including phenoxy) is 1. The summed E-state index contributed by atoms with van der Waals surface area (Å²) >= 11 is 9.45. The molecule has 0 aliphatic rings. The third-order valence-electron chi connectivity index (χ3n) is 3.51. The molecule has 3 aromatic rings. The molecule has 0 saturated heterocycles. The monoisotopic (exact) mass is 435 g/mol. The fourth-order valence-corrected chi connectivity index (χ4v) is 3.18. The van der Waals surface area contributed by atoms with E-state index >= 15 is 0 Å². The van der Waals surface area contributed by atoms with Crippen LogP contribution < -0.4 is 15.7 Å². The molecule has 134 valence electrons. The van der Waals surface area contributed by atoms with Gasteiger partial charge in [-0.3, -0.25) is 4.79 Å². The molecule has 7 heteroatoms. The van der Waals surface area contributed by atoms with Crippen LogP contribution in [-0.4, -0.2) is 12.0 Å². The van der Waals surface area contributed by atoms with Gasteiger partial charge in [0, 0.05) is 22.0 Å². The topological polar surface area (TPSA) is 68.5 Å². The minimum absolute atomic E-state index is 0.0230. The van der Waals surface area contributed by atoms with Gasteiger partial charge >= 0.3 is 5.63 Å². The van der Waals surface area contributed by atoms with Crippen molar-refractivity contribution >= 4 is 50.1 Å². The summed E-state index contributed by atoms with van der Waals surface area (Å²) in [5.74, 6) is 0.105. The van der Waals surface area contributed by atoms with Crippen LogP contribution in [0.1, 0.15) is 24.2 Å². The predicted octanol–water partition coefficient (Wildman–Crippen LogP) is 5.25. The molecule has 0 fully saturated rings. The molecule has 26 heavy (non-hydrogen) atoms. The normalized spacial score (nSPS) is 11.0. The quantitative estimate of drug-likeness (QED) is 0.567. The van der Waals surface area contributed by atoms with Gasteiger partial charge in [-0.25, -0.2) is 4.79 Å². The van der Waals surface area contributed by atoms with Gasteiger partial charge in [-0.2, -0.15) is 0 Å². The maximum atomic E-state index is 12.7. The van der Waals surface area contributed by atoms with E-state index < -0.39 is 11.5 Å². The zero-order chi connectivity index (χ0) is 18.8. The van der Waals surface area contributed by atoms with Gasteiger partial charge in [0.25, 0.3) is 5.91 Å². The van der Waals surface area contributed by atoms with Gasteiger partial charge in [0.2, 0.25) is 0 Å². The second-order valence-corrected chi connectivity index (χ2v) is 7.20. The Bertz CT molecular complexity index is 1050. The molecule has 0 bridgehead atoms. The molecule has 0 radical (unpaired) electrons. The van der Waals surface area contributed by atoms with E-state index in [1.165, 1.54) is 0 Å². The van der Waals surface area contributed by atoms with Crippen LogP contribution >= 0.6 is 27.5 Å². The molecule has 1 aromatic heterocycles. The molecular formula is C19H15BrClNO4. The standard InChI is InChI=1S/C19H15BrClNO4/c1-10(2)25-12-4-5-13-14(9-18(23)26-17(13)8-12)19(24)22-16-6-3-11(20)7-15(16)21/h3-10H,1-2H3,(H,22,24). The minimum atomic E-state index is -0.619. The SMILES string of the molecule is CC(C)Oc1ccc2c(C(=O)Nc3ccc(Br)cc3Cl)cc(=O)oc2c1. The summed E-state index contributed by atoms with van der Waals surface area (Å²) < 4.78 is 11.6. The third-order valence-corrected chi connectivity index (χ3v) is 4.32. The minimum Gasteiger partial charge on any atom is -0.491 e. The van der Waals surface area contributed by atoms with Crippen LogP contribution in [0.4, 0.5) is 5.69 Å². The van der Waals surface area contributed by atoms with Crippen LogP contribution in [0.25, 0.3) is 11.0 Å². The highest BCUT2D eigenvalue weighted by Gasteiger charge is 2.15. The van der Waals surface area contributed by atoms with Crippen molar-refractivity contribution in [2.24, 2.45) is 0 Å². The van der Waals surface area contributed by atoms with Crippen LogP contribution in [0.2, 0.25) is 5.02 Å². The van der Waals surface area contributed by atoms with Crippen LogP contribution in [0.5, 0.6) is 5.75 Å². The number of fused-ring (bicyclic) bond motifs is 1. The average Bonchev–Trinajstić information content (AvgIpc) is 2.55. The second-order valence-electron chi connectivity index (χ2n) is 5.88. The number of hydrogen-bond acceptors (Lipinski definition) is 4. The lowest BCUT2D eigenvalue weighted by Crippen LogP contribution is -2.15. The third kappa shape index (κ3) is 4.08. The Balaban J connectivity index is 2.00. The van der Waals surface area contributed by atoms with Crippen molar-refractivity contribution in [3.8, 4) is 5.75 Å². The molecule has 0 aliphatic heterocycles. The molecule has 1 heterocycles. The first-order valence-electron chi connectivity index (χ1n) is 7.84. The number of amides is 1. The van der Waals surface area contributed by atoms with Crippen LogP contribution in [0.15, 0.2) is 56.1 Å².